The van der Waals surface area contributed by atoms with E-state index >= 15 is 0 Å². The van der Waals surface area contributed by atoms with Gasteiger partial charge in [0, 0.05) is 19.7 Å². The molecule has 0 heterocycles. The number of nitrogens with zero attached hydrogens (tertiary/aromatic N) is 1. The molecular weight excluding hydrogens is 166 g/mol. The molecule has 4 nitrogen and oxygen atoms in total. The molecular formula is C9H19N3O. The summed E-state index contributed by atoms with van der Waals surface area (Å²) in [4.78, 5) is 11.5. The van der Waals surface area contributed by atoms with Crippen molar-refractivity contribution in [3.63, 3.8) is 0 Å². The fourth-order valence-electron chi connectivity index (χ4n) is 0.970. The maximum Gasteiger partial charge on any atom is 0.278 e. The van der Waals surface area contributed by atoms with Gasteiger partial charge in [-0.15, -0.1) is 0 Å². The Hall–Kier alpha value is -0.870. The highest BCUT2D eigenvalue weighted by Gasteiger charge is 2.12. The number of nitrogens with one attached hydrogen (secondary N) is 2. The topological polar surface area (TPSA) is 44.4 Å². The molecule has 0 rings (SSSR count). The van der Waals surface area contributed by atoms with Crippen LogP contribution in [0.5, 0.6) is 0 Å². The monoisotopic (exact) mass is 185 g/mol. The SMILES string of the molecule is C=C(CCCC)C(=O)N(NC)NC. The maximum absolute atomic E-state index is 11.5. The van der Waals surface area contributed by atoms with Gasteiger partial charge >= 0.3 is 0 Å². The van der Waals surface area contributed by atoms with Crippen molar-refractivity contribution in [3.8, 4) is 0 Å². The van der Waals surface area contributed by atoms with Crippen molar-refractivity contribution >= 4 is 5.91 Å². The summed E-state index contributed by atoms with van der Waals surface area (Å²) in [6.07, 6.45) is 2.84. The van der Waals surface area contributed by atoms with Gasteiger partial charge in [-0.3, -0.25) is 4.79 Å². The minimum Gasteiger partial charge on any atom is -0.267 e. The number of carbonyl (C=O) groups excluding carboxylic acids is 1. The van der Waals surface area contributed by atoms with Gasteiger partial charge in [-0.05, 0) is 12.8 Å². The number of hydrogen-bond donors (Lipinski definition) is 2. The number of amides is 1. The Morgan fingerprint density at radius 2 is 1.92 bits per heavy atom. The van der Waals surface area contributed by atoms with Crippen LogP contribution in [0.2, 0.25) is 0 Å². The summed E-state index contributed by atoms with van der Waals surface area (Å²) in [6, 6.07) is 0. The van der Waals surface area contributed by atoms with Crippen LogP contribution in [0.1, 0.15) is 26.2 Å². The highest BCUT2D eigenvalue weighted by atomic mass is 16.2. The van der Waals surface area contributed by atoms with Crippen LogP contribution >= 0.6 is 0 Å². The number of hydrazine groups is 2. The van der Waals surface area contributed by atoms with Gasteiger partial charge in [0.25, 0.3) is 5.91 Å². The van der Waals surface area contributed by atoms with Crippen molar-refractivity contribution in [1.29, 1.82) is 0 Å². The molecule has 0 bridgehead atoms. The highest BCUT2D eigenvalue weighted by Crippen LogP contribution is 2.06. The van der Waals surface area contributed by atoms with Crippen LogP contribution in [0.25, 0.3) is 0 Å². The molecule has 4 heteroatoms. The van der Waals surface area contributed by atoms with E-state index in [0.717, 1.165) is 19.3 Å². The maximum atomic E-state index is 11.5. The fraction of sp³-hybridized carbons (Fsp3) is 0.667. The lowest BCUT2D eigenvalue weighted by Gasteiger charge is -2.20. The standard InChI is InChI=1S/C9H19N3O/c1-5-6-7-8(2)9(13)12(10-3)11-4/h10-11H,2,5-7H2,1,3-4H3. The second kappa shape index (κ2) is 6.62. The van der Waals surface area contributed by atoms with Gasteiger partial charge < -0.3 is 0 Å². The molecule has 0 aliphatic heterocycles. The van der Waals surface area contributed by atoms with E-state index in [-0.39, 0.29) is 5.91 Å². The van der Waals surface area contributed by atoms with Crippen molar-refractivity contribution in [3.05, 3.63) is 12.2 Å². The van der Waals surface area contributed by atoms with Crippen LogP contribution in [0.4, 0.5) is 0 Å². The molecule has 0 aliphatic rings. The predicted molar refractivity (Wildman–Crippen MR) is 53.6 cm³/mol. The van der Waals surface area contributed by atoms with Gasteiger partial charge in [0.2, 0.25) is 0 Å². The van der Waals surface area contributed by atoms with Gasteiger partial charge in [-0.25, -0.2) is 16.0 Å². The van der Waals surface area contributed by atoms with E-state index in [1.807, 2.05) is 0 Å². The molecule has 0 unspecified atom stereocenters. The van der Waals surface area contributed by atoms with Crippen molar-refractivity contribution in [2.45, 2.75) is 26.2 Å². The summed E-state index contributed by atoms with van der Waals surface area (Å²) < 4.78 is 0. The lowest BCUT2D eigenvalue weighted by Crippen LogP contribution is -2.48. The van der Waals surface area contributed by atoms with Crippen LogP contribution in [-0.4, -0.2) is 25.1 Å². The third kappa shape index (κ3) is 4.05. The van der Waals surface area contributed by atoms with Crippen LogP contribution < -0.4 is 10.9 Å². The Morgan fingerprint density at radius 1 is 1.38 bits per heavy atom. The fourth-order valence-corrected chi connectivity index (χ4v) is 0.970. The van der Waals surface area contributed by atoms with Gasteiger partial charge in [0.05, 0.1) is 0 Å². The van der Waals surface area contributed by atoms with E-state index < -0.39 is 0 Å². The third-order valence-electron chi connectivity index (χ3n) is 1.78. The molecule has 0 aliphatic carbocycles. The van der Waals surface area contributed by atoms with E-state index in [0.29, 0.717) is 5.57 Å². The molecule has 76 valence electrons. The zero-order chi connectivity index (χ0) is 10.3. The number of rotatable bonds is 6. The van der Waals surface area contributed by atoms with Crippen molar-refractivity contribution < 1.29 is 4.79 Å². The first-order chi connectivity index (χ1) is 6.17. The Labute approximate surface area is 79.9 Å². The summed E-state index contributed by atoms with van der Waals surface area (Å²) in [5.41, 5.74) is 6.07. The first-order valence-corrected chi connectivity index (χ1v) is 4.54. The number of unbranched alkanes of at least 4 members (excludes halogenated alkanes) is 1. The quantitative estimate of drug-likeness (QED) is 0.476. The van der Waals surface area contributed by atoms with Crippen molar-refractivity contribution in [2.24, 2.45) is 0 Å². The number of carbonyl (C=O) groups is 1. The molecule has 1 amide bonds. The molecule has 0 saturated heterocycles. The summed E-state index contributed by atoms with van der Waals surface area (Å²) in [7, 11) is 3.36. The first-order valence-electron chi connectivity index (χ1n) is 4.54. The van der Waals surface area contributed by atoms with Crippen LogP contribution in [0.3, 0.4) is 0 Å². The van der Waals surface area contributed by atoms with Crippen LogP contribution in [-0.2, 0) is 4.79 Å². The largest absolute Gasteiger partial charge is 0.278 e. The molecule has 0 saturated carbocycles. The average Bonchev–Trinajstić information content (AvgIpc) is 2.15. The van der Waals surface area contributed by atoms with Gasteiger partial charge in [0.1, 0.15) is 0 Å². The van der Waals surface area contributed by atoms with Crippen LogP contribution in [0.15, 0.2) is 12.2 Å². The van der Waals surface area contributed by atoms with E-state index in [1.54, 1.807) is 14.1 Å². The second-order valence-electron chi connectivity index (χ2n) is 2.79. The first kappa shape index (κ1) is 12.1. The second-order valence-corrected chi connectivity index (χ2v) is 2.79. The zero-order valence-electron chi connectivity index (χ0n) is 8.68. The molecule has 0 radical (unpaired) electrons. The minimum atomic E-state index is -0.0987. The van der Waals surface area contributed by atoms with E-state index in [4.69, 9.17) is 0 Å². The molecule has 2 N–H and O–H groups in total. The molecule has 0 spiro atoms. The zero-order valence-corrected chi connectivity index (χ0v) is 8.68. The van der Waals surface area contributed by atoms with E-state index in [9.17, 15) is 4.79 Å². The predicted octanol–water partition coefficient (Wildman–Crippen LogP) is 0.830. The van der Waals surface area contributed by atoms with Crippen LogP contribution in [0, 0.1) is 0 Å². The Kier molecular flexibility index (Phi) is 6.18. The lowest BCUT2D eigenvalue weighted by atomic mass is 10.1. The molecule has 0 aromatic carbocycles. The van der Waals surface area contributed by atoms with Gasteiger partial charge in [-0.1, -0.05) is 19.9 Å². The summed E-state index contributed by atoms with van der Waals surface area (Å²) in [5.74, 6) is -0.0987. The lowest BCUT2D eigenvalue weighted by molar-refractivity contribution is -0.133. The molecule has 13 heavy (non-hydrogen) atoms. The smallest absolute Gasteiger partial charge is 0.267 e. The Bertz CT molecular complexity index is 176. The Balaban J connectivity index is 4.00. The molecule has 0 aromatic heterocycles. The minimum absolute atomic E-state index is 0.0987. The Morgan fingerprint density at radius 3 is 2.31 bits per heavy atom. The third-order valence-corrected chi connectivity index (χ3v) is 1.78. The van der Waals surface area contributed by atoms with Gasteiger partial charge in [-0.2, -0.15) is 0 Å². The van der Waals surface area contributed by atoms with E-state index in [2.05, 4.69) is 24.4 Å². The highest BCUT2D eigenvalue weighted by molar-refractivity contribution is 5.92. The summed E-state index contributed by atoms with van der Waals surface area (Å²) in [6.45, 7) is 5.83. The molecule has 0 fully saturated rings. The van der Waals surface area contributed by atoms with E-state index in [1.165, 1.54) is 5.12 Å². The van der Waals surface area contributed by atoms with Crippen molar-refractivity contribution in [2.75, 3.05) is 14.1 Å². The average molecular weight is 185 g/mol. The summed E-state index contributed by atoms with van der Waals surface area (Å²) >= 11 is 0. The number of hydrogen-bond acceptors (Lipinski definition) is 3. The molecule has 0 atom stereocenters. The van der Waals surface area contributed by atoms with Gasteiger partial charge in [0.15, 0.2) is 0 Å². The normalized spacial score (nSPS) is 9.77. The van der Waals surface area contributed by atoms with Crippen molar-refractivity contribution in [1.82, 2.24) is 16.0 Å². The summed E-state index contributed by atoms with van der Waals surface area (Å²) in [5, 5.41) is 1.32. The molecule has 0 aromatic rings.